The molecule has 5 heteroatoms. The number of alkyl halides is 3. The maximum atomic E-state index is 12.9. The van der Waals surface area contributed by atoms with Crippen LogP contribution >= 0.6 is 21.6 Å². The maximum Gasteiger partial charge on any atom is 0.390 e. The van der Waals surface area contributed by atoms with Gasteiger partial charge in [-0.1, -0.05) is 86.8 Å². The van der Waals surface area contributed by atoms with Crippen molar-refractivity contribution in [2.75, 3.05) is 6.26 Å². The molecule has 0 bridgehead atoms. The van der Waals surface area contributed by atoms with Crippen molar-refractivity contribution in [3.8, 4) is 0 Å². The minimum absolute atomic E-state index is 0.216. The Morgan fingerprint density at radius 1 is 0.818 bits per heavy atom. The molecule has 0 heterocycles. The van der Waals surface area contributed by atoms with E-state index in [1.54, 1.807) is 0 Å². The van der Waals surface area contributed by atoms with Crippen molar-refractivity contribution in [1.29, 1.82) is 0 Å². The van der Waals surface area contributed by atoms with Crippen LogP contribution in [0.5, 0.6) is 0 Å². The molecule has 0 spiro atoms. The molecule has 0 amide bonds. The second-order valence-electron chi connectivity index (χ2n) is 6.08. The summed E-state index contributed by atoms with van der Waals surface area (Å²) >= 11 is 0. The molecule has 0 radical (unpaired) electrons. The Morgan fingerprint density at radius 3 is 1.68 bits per heavy atom. The predicted molar refractivity (Wildman–Crippen MR) is 96.6 cm³/mol. The first-order valence-corrected chi connectivity index (χ1v) is 11.3. The lowest BCUT2D eigenvalue weighted by Gasteiger charge is -2.27. The van der Waals surface area contributed by atoms with Crippen LogP contribution in [0.25, 0.3) is 0 Å². The summed E-state index contributed by atoms with van der Waals surface area (Å²) in [6.45, 7) is 4.33. The SMILES string of the molecule is CCCCCCC(CCCCCC)[C@H](CC(F)(F)F)SSC. The van der Waals surface area contributed by atoms with Crippen LogP contribution in [0.1, 0.15) is 84.5 Å². The third kappa shape index (κ3) is 13.0. The molecule has 0 aromatic carbocycles. The van der Waals surface area contributed by atoms with Crippen molar-refractivity contribution in [3.63, 3.8) is 0 Å². The lowest BCUT2D eigenvalue weighted by atomic mass is 9.90. The summed E-state index contributed by atoms with van der Waals surface area (Å²) in [5.41, 5.74) is 0. The first kappa shape index (κ1) is 22.5. The zero-order valence-corrected chi connectivity index (χ0v) is 16.0. The van der Waals surface area contributed by atoms with Gasteiger partial charge in [0.1, 0.15) is 0 Å². The van der Waals surface area contributed by atoms with Crippen LogP contribution in [0.3, 0.4) is 0 Å². The summed E-state index contributed by atoms with van der Waals surface area (Å²) in [6.07, 6.45) is 8.34. The fourth-order valence-electron chi connectivity index (χ4n) is 2.81. The summed E-state index contributed by atoms with van der Waals surface area (Å²) in [7, 11) is 2.92. The Kier molecular flexibility index (Phi) is 14.2. The van der Waals surface area contributed by atoms with Crippen molar-refractivity contribution in [2.45, 2.75) is 95.9 Å². The van der Waals surface area contributed by atoms with Gasteiger partial charge < -0.3 is 0 Å². The topological polar surface area (TPSA) is 0 Å². The summed E-state index contributed by atoms with van der Waals surface area (Å²) in [5.74, 6) is 0.216. The Hall–Kier alpha value is 0.490. The highest BCUT2D eigenvalue weighted by atomic mass is 33.1. The molecule has 0 saturated carbocycles. The smallest absolute Gasteiger partial charge is 0.171 e. The Labute approximate surface area is 143 Å². The van der Waals surface area contributed by atoms with Crippen LogP contribution in [-0.2, 0) is 0 Å². The molecule has 22 heavy (non-hydrogen) atoms. The Balaban J connectivity index is 4.50. The van der Waals surface area contributed by atoms with Gasteiger partial charge in [0.25, 0.3) is 0 Å². The van der Waals surface area contributed by atoms with Crippen molar-refractivity contribution in [3.05, 3.63) is 0 Å². The van der Waals surface area contributed by atoms with Gasteiger partial charge in [0.15, 0.2) is 0 Å². The van der Waals surface area contributed by atoms with Crippen LogP contribution in [0.4, 0.5) is 13.2 Å². The molecule has 0 unspecified atom stereocenters. The summed E-state index contributed by atoms with van der Waals surface area (Å²) < 4.78 is 38.6. The molecule has 0 aromatic heterocycles. The molecule has 0 aliphatic heterocycles. The van der Waals surface area contributed by atoms with Crippen molar-refractivity contribution >= 4 is 21.6 Å². The van der Waals surface area contributed by atoms with Crippen LogP contribution < -0.4 is 0 Å². The molecule has 0 nitrogen and oxygen atoms in total. The van der Waals surface area contributed by atoms with E-state index in [0.29, 0.717) is 0 Å². The molecule has 0 fully saturated rings. The second-order valence-corrected chi connectivity index (χ2v) is 8.79. The largest absolute Gasteiger partial charge is 0.390 e. The van der Waals surface area contributed by atoms with Gasteiger partial charge in [-0.2, -0.15) is 13.2 Å². The van der Waals surface area contributed by atoms with E-state index in [1.165, 1.54) is 47.3 Å². The number of hydrogen-bond acceptors (Lipinski definition) is 2. The predicted octanol–water partition coefficient (Wildman–Crippen LogP) is 7.88. The highest BCUT2D eigenvalue weighted by molar-refractivity contribution is 8.76. The van der Waals surface area contributed by atoms with E-state index in [9.17, 15) is 13.2 Å². The van der Waals surface area contributed by atoms with Gasteiger partial charge in [0.05, 0.1) is 6.42 Å². The van der Waals surface area contributed by atoms with Crippen LogP contribution in [-0.4, -0.2) is 17.7 Å². The van der Waals surface area contributed by atoms with Crippen LogP contribution in [0.2, 0.25) is 0 Å². The molecule has 0 aromatic rings. The third-order valence-electron chi connectivity index (χ3n) is 4.04. The van der Waals surface area contributed by atoms with Gasteiger partial charge in [-0.3, -0.25) is 0 Å². The quantitative estimate of drug-likeness (QED) is 0.229. The standard InChI is InChI=1S/C17H33F3S2/c1-4-6-8-10-12-15(13-11-9-7-5-2)16(22-21-3)14-17(18,19)20/h15-16H,4-14H2,1-3H3/t16-/m0/s1. The van der Waals surface area contributed by atoms with Gasteiger partial charge in [0.2, 0.25) is 0 Å². The normalized spacial score (nSPS) is 13.8. The van der Waals surface area contributed by atoms with Crippen LogP contribution in [0.15, 0.2) is 0 Å². The summed E-state index contributed by atoms with van der Waals surface area (Å²) in [5, 5.41) is -0.279. The zero-order chi connectivity index (χ0) is 16.8. The van der Waals surface area contributed by atoms with Gasteiger partial charge >= 0.3 is 6.18 Å². The molecule has 0 aliphatic carbocycles. The molecule has 1 atom stereocenters. The van der Waals surface area contributed by atoms with E-state index < -0.39 is 12.6 Å². The summed E-state index contributed by atoms with van der Waals surface area (Å²) in [4.78, 5) is 0. The fraction of sp³-hybridized carbons (Fsp3) is 1.00. The maximum absolute atomic E-state index is 12.9. The Morgan fingerprint density at radius 2 is 1.32 bits per heavy atom. The summed E-state index contributed by atoms with van der Waals surface area (Å²) in [6, 6.07) is 0. The van der Waals surface area contributed by atoms with E-state index >= 15 is 0 Å². The van der Waals surface area contributed by atoms with Crippen molar-refractivity contribution < 1.29 is 13.2 Å². The molecule has 0 aliphatic rings. The van der Waals surface area contributed by atoms with Gasteiger partial charge in [-0.05, 0) is 25.0 Å². The van der Waals surface area contributed by atoms with Gasteiger partial charge in [-0.25, -0.2) is 0 Å². The number of halogens is 3. The van der Waals surface area contributed by atoms with Crippen molar-refractivity contribution in [1.82, 2.24) is 0 Å². The van der Waals surface area contributed by atoms with E-state index in [1.807, 2.05) is 6.26 Å². The number of unbranched alkanes of at least 4 members (excludes halogenated alkanes) is 6. The highest BCUT2D eigenvalue weighted by Gasteiger charge is 2.35. The Bertz CT molecular complexity index is 233. The zero-order valence-electron chi connectivity index (χ0n) is 14.4. The highest BCUT2D eigenvalue weighted by Crippen LogP contribution is 2.40. The van der Waals surface area contributed by atoms with Gasteiger partial charge in [0, 0.05) is 5.25 Å². The average Bonchev–Trinajstić information content (AvgIpc) is 2.44. The monoisotopic (exact) mass is 358 g/mol. The molecule has 0 rings (SSSR count). The average molecular weight is 359 g/mol. The lowest BCUT2D eigenvalue weighted by Crippen LogP contribution is -2.24. The first-order valence-electron chi connectivity index (χ1n) is 8.70. The fourth-order valence-corrected chi connectivity index (χ4v) is 5.16. The number of hydrogen-bond donors (Lipinski definition) is 0. The van der Waals surface area contributed by atoms with E-state index in [-0.39, 0.29) is 11.2 Å². The molecule has 0 saturated heterocycles. The minimum Gasteiger partial charge on any atom is -0.171 e. The molecular formula is C17H33F3S2. The van der Waals surface area contributed by atoms with Gasteiger partial charge in [-0.15, -0.1) is 0 Å². The van der Waals surface area contributed by atoms with Crippen LogP contribution in [0, 0.1) is 5.92 Å². The second kappa shape index (κ2) is 13.9. The third-order valence-corrected chi connectivity index (χ3v) is 6.35. The van der Waals surface area contributed by atoms with E-state index in [0.717, 1.165) is 38.5 Å². The van der Waals surface area contributed by atoms with E-state index in [4.69, 9.17) is 0 Å². The van der Waals surface area contributed by atoms with E-state index in [2.05, 4.69) is 13.8 Å². The molecule has 0 N–H and O–H groups in total. The lowest BCUT2D eigenvalue weighted by molar-refractivity contribution is -0.136. The number of rotatable bonds is 14. The molecule has 134 valence electrons. The molecular weight excluding hydrogens is 325 g/mol. The van der Waals surface area contributed by atoms with Crippen molar-refractivity contribution in [2.24, 2.45) is 5.92 Å². The first-order chi connectivity index (χ1) is 10.4. The minimum atomic E-state index is -4.04.